The summed E-state index contributed by atoms with van der Waals surface area (Å²) in [5.41, 5.74) is 5.55. The highest BCUT2D eigenvalue weighted by Crippen LogP contribution is 2.34. The van der Waals surface area contributed by atoms with E-state index in [0.717, 1.165) is 7.11 Å². The number of nitrogens with zero attached hydrogens (tertiary/aromatic N) is 2. The first kappa shape index (κ1) is 19.3. The zero-order chi connectivity index (χ0) is 18.7. The SMILES string of the molecule is COC(=O)c1nc(-c2ccc(Cl)c(OC)c2F)nc(N)c1CC(F)Br. The molecule has 1 heterocycles. The van der Waals surface area contributed by atoms with Crippen LogP contribution in [-0.4, -0.2) is 35.2 Å². The molecule has 25 heavy (non-hydrogen) atoms. The molecule has 0 fully saturated rings. The summed E-state index contributed by atoms with van der Waals surface area (Å²) in [4.78, 5) is 19.9. The molecule has 1 aromatic carbocycles. The second-order valence-corrected chi connectivity index (χ2v) is 6.19. The number of alkyl halides is 2. The maximum Gasteiger partial charge on any atom is 0.357 e. The summed E-state index contributed by atoms with van der Waals surface area (Å²) in [6, 6.07) is 2.71. The van der Waals surface area contributed by atoms with Gasteiger partial charge in [0.05, 0.1) is 24.8 Å². The van der Waals surface area contributed by atoms with E-state index in [9.17, 15) is 13.6 Å². The number of aromatic nitrogens is 2. The number of ether oxygens (including phenoxy) is 2. The Balaban J connectivity index is 2.68. The summed E-state index contributed by atoms with van der Waals surface area (Å²) in [7, 11) is 2.39. The quantitative estimate of drug-likeness (QED) is 0.570. The molecule has 0 saturated carbocycles. The molecule has 0 bridgehead atoms. The standard InChI is InChI=1S/C15H13BrClF2N3O3/c1-24-12-8(17)4-3-6(10(12)19)14-21-11(15(23)25-2)7(5-9(16)18)13(20)22-14/h3-4,9H,5H2,1-2H3,(H2,20,21,22). The molecular weight excluding hydrogens is 424 g/mol. The Hall–Kier alpha value is -2.00. The first-order chi connectivity index (χ1) is 11.8. The smallest absolute Gasteiger partial charge is 0.357 e. The van der Waals surface area contributed by atoms with Gasteiger partial charge >= 0.3 is 5.97 Å². The zero-order valence-corrected chi connectivity index (χ0v) is 15.5. The number of methoxy groups -OCH3 is 2. The van der Waals surface area contributed by atoms with E-state index in [1.54, 1.807) is 0 Å². The second-order valence-electron chi connectivity index (χ2n) is 4.79. The summed E-state index contributed by atoms with van der Waals surface area (Å²) < 4.78 is 37.4. The molecule has 1 aromatic heterocycles. The highest BCUT2D eigenvalue weighted by atomic mass is 79.9. The number of nitrogen functional groups attached to an aromatic ring is 1. The van der Waals surface area contributed by atoms with Crippen molar-refractivity contribution in [1.29, 1.82) is 0 Å². The number of hydrogen-bond donors (Lipinski definition) is 1. The van der Waals surface area contributed by atoms with Crippen LogP contribution < -0.4 is 10.5 Å². The van der Waals surface area contributed by atoms with Crippen molar-refractivity contribution < 1.29 is 23.0 Å². The highest BCUT2D eigenvalue weighted by Gasteiger charge is 2.24. The fraction of sp³-hybridized carbons (Fsp3) is 0.267. The lowest BCUT2D eigenvalue weighted by molar-refractivity contribution is 0.0592. The fourth-order valence-corrected chi connectivity index (χ4v) is 2.68. The van der Waals surface area contributed by atoms with Crippen LogP contribution in [0.25, 0.3) is 11.4 Å². The van der Waals surface area contributed by atoms with E-state index in [4.69, 9.17) is 22.1 Å². The third-order valence-electron chi connectivity index (χ3n) is 3.27. The predicted octanol–water partition coefficient (Wildman–Crippen LogP) is 3.55. The molecule has 2 N–H and O–H groups in total. The van der Waals surface area contributed by atoms with E-state index in [-0.39, 0.29) is 45.7 Å². The van der Waals surface area contributed by atoms with Crippen LogP contribution in [0.5, 0.6) is 5.75 Å². The van der Waals surface area contributed by atoms with Crippen LogP contribution in [0.2, 0.25) is 5.02 Å². The van der Waals surface area contributed by atoms with Crippen LogP contribution >= 0.6 is 27.5 Å². The van der Waals surface area contributed by atoms with Crippen molar-refractivity contribution in [3.05, 3.63) is 34.2 Å². The van der Waals surface area contributed by atoms with E-state index >= 15 is 0 Å². The van der Waals surface area contributed by atoms with Gasteiger partial charge in [-0.1, -0.05) is 27.5 Å². The maximum absolute atomic E-state index is 14.6. The van der Waals surface area contributed by atoms with E-state index < -0.39 is 16.9 Å². The van der Waals surface area contributed by atoms with Gasteiger partial charge in [-0.3, -0.25) is 0 Å². The number of nitrogens with two attached hydrogens (primary N) is 1. The largest absolute Gasteiger partial charge is 0.492 e. The molecule has 10 heteroatoms. The lowest BCUT2D eigenvalue weighted by Crippen LogP contribution is -2.16. The van der Waals surface area contributed by atoms with E-state index in [1.165, 1.54) is 19.2 Å². The number of benzene rings is 1. The molecule has 0 aliphatic rings. The summed E-state index contributed by atoms with van der Waals surface area (Å²) in [5, 5.41) is -1.42. The highest BCUT2D eigenvalue weighted by molar-refractivity contribution is 9.09. The van der Waals surface area contributed by atoms with Crippen molar-refractivity contribution in [2.24, 2.45) is 0 Å². The summed E-state index contributed by atoms with van der Waals surface area (Å²) in [6.45, 7) is 0. The van der Waals surface area contributed by atoms with Gasteiger partial charge in [-0.25, -0.2) is 23.5 Å². The average Bonchev–Trinajstić information content (AvgIpc) is 2.56. The van der Waals surface area contributed by atoms with Gasteiger partial charge in [-0.05, 0) is 12.1 Å². The Kier molecular flexibility index (Phi) is 6.12. The second kappa shape index (κ2) is 7.92. The van der Waals surface area contributed by atoms with Crippen LogP contribution in [0.3, 0.4) is 0 Å². The molecule has 2 rings (SSSR count). The van der Waals surface area contributed by atoms with Gasteiger partial charge in [-0.15, -0.1) is 0 Å². The lowest BCUT2D eigenvalue weighted by Gasteiger charge is -2.13. The summed E-state index contributed by atoms with van der Waals surface area (Å²) in [5.74, 6) is -2.21. The van der Waals surface area contributed by atoms with Crippen molar-refractivity contribution >= 4 is 39.3 Å². The molecule has 0 aliphatic carbocycles. The third-order valence-corrected chi connectivity index (χ3v) is 3.89. The molecule has 0 aliphatic heterocycles. The minimum absolute atomic E-state index is 0.0566. The van der Waals surface area contributed by atoms with Crippen LogP contribution in [0.1, 0.15) is 16.1 Å². The van der Waals surface area contributed by atoms with Gasteiger partial charge < -0.3 is 15.2 Å². The van der Waals surface area contributed by atoms with Crippen molar-refractivity contribution in [3.63, 3.8) is 0 Å². The first-order valence-electron chi connectivity index (χ1n) is 6.85. The summed E-state index contributed by atoms with van der Waals surface area (Å²) in [6.07, 6.45) is -0.261. The van der Waals surface area contributed by atoms with Gasteiger partial charge in [0.2, 0.25) is 0 Å². The van der Waals surface area contributed by atoms with Gasteiger partial charge in [0.15, 0.2) is 28.2 Å². The van der Waals surface area contributed by atoms with Gasteiger partial charge in [0.25, 0.3) is 0 Å². The molecule has 1 atom stereocenters. The number of carbonyl (C=O) groups is 1. The van der Waals surface area contributed by atoms with Crippen molar-refractivity contribution in [3.8, 4) is 17.1 Å². The van der Waals surface area contributed by atoms with Crippen LogP contribution in [0.4, 0.5) is 14.6 Å². The number of anilines is 1. The molecule has 0 amide bonds. The van der Waals surface area contributed by atoms with Gasteiger partial charge in [0.1, 0.15) is 5.82 Å². The Bertz CT molecular complexity index is 821. The van der Waals surface area contributed by atoms with Crippen LogP contribution in [0.15, 0.2) is 12.1 Å². The maximum atomic E-state index is 14.6. The molecule has 0 spiro atoms. The molecule has 2 aromatic rings. The predicted molar refractivity (Wildman–Crippen MR) is 92.3 cm³/mol. The van der Waals surface area contributed by atoms with E-state index in [2.05, 4.69) is 30.6 Å². The average molecular weight is 437 g/mol. The van der Waals surface area contributed by atoms with E-state index in [1.807, 2.05) is 0 Å². The Labute approximate surface area is 155 Å². The van der Waals surface area contributed by atoms with Crippen molar-refractivity contribution in [2.45, 2.75) is 11.5 Å². The van der Waals surface area contributed by atoms with Gasteiger partial charge in [0, 0.05) is 12.0 Å². The van der Waals surface area contributed by atoms with Gasteiger partial charge in [-0.2, -0.15) is 0 Å². The fourth-order valence-electron chi connectivity index (χ4n) is 2.14. The van der Waals surface area contributed by atoms with Crippen molar-refractivity contribution in [1.82, 2.24) is 9.97 Å². The van der Waals surface area contributed by atoms with Crippen molar-refractivity contribution in [2.75, 3.05) is 20.0 Å². The van der Waals surface area contributed by atoms with Crippen LogP contribution in [0, 0.1) is 5.82 Å². The molecule has 6 nitrogen and oxygen atoms in total. The minimum atomic E-state index is -1.47. The number of carbonyl (C=O) groups excluding carboxylic acids is 1. The lowest BCUT2D eigenvalue weighted by atomic mass is 10.1. The minimum Gasteiger partial charge on any atom is -0.492 e. The topological polar surface area (TPSA) is 87.3 Å². The molecule has 0 radical (unpaired) electrons. The third kappa shape index (κ3) is 3.98. The molecule has 1 unspecified atom stereocenters. The number of halogens is 4. The summed E-state index contributed by atoms with van der Waals surface area (Å²) >= 11 is 8.59. The Morgan fingerprint density at radius 3 is 2.64 bits per heavy atom. The number of hydrogen-bond acceptors (Lipinski definition) is 6. The van der Waals surface area contributed by atoms with E-state index in [0.29, 0.717) is 0 Å². The zero-order valence-electron chi connectivity index (χ0n) is 13.1. The molecular formula is C15H13BrClF2N3O3. The Morgan fingerprint density at radius 2 is 2.08 bits per heavy atom. The van der Waals surface area contributed by atoms with Crippen LogP contribution in [-0.2, 0) is 11.2 Å². The number of rotatable bonds is 5. The monoisotopic (exact) mass is 435 g/mol. The normalized spacial score (nSPS) is 11.9. The Morgan fingerprint density at radius 1 is 1.40 bits per heavy atom. The number of esters is 1. The first-order valence-corrected chi connectivity index (χ1v) is 8.14. The molecule has 134 valence electrons. The molecule has 0 saturated heterocycles.